The number of aromatic amines is 1. The van der Waals surface area contributed by atoms with Gasteiger partial charge in [-0.3, -0.25) is 14.8 Å². The van der Waals surface area contributed by atoms with Crippen LogP contribution in [0.5, 0.6) is 0 Å². The molecule has 2 fully saturated rings. The number of rotatable bonds is 4. The summed E-state index contributed by atoms with van der Waals surface area (Å²) < 4.78 is 5.51. The van der Waals surface area contributed by atoms with Gasteiger partial charge in [-0.2, -0.15) is 5.10 Å². The highest BCUT2D eigenvalue weighted by Gasteiger charge is 2.31. The molecule has 3 aromatic rings. The zero-order valence-electron chi connectivity index (χ0n) is 19.6. The van der Waals surface area contributed by atoms with Crippen molar-refractivity contribution in [3.05, 3.63) is 65.4 Å². The predicted molar refractivity (Wildman–Crippen MR) is 130 cm³/mol. The topological polar surface area (TPSA) is 81.8 Å². The van der Waals surface area contributed by atoms with E-state index in [0.717, 1.165) is 55.5 Å². The number of nitrogens with zero attached hydrogens (tertiary/aromatic N) is 4. The summed E-state index contributed by atoms with van der Waals surface area (Å²) in [5, 5.41) is 7.91. The third kappa shape index (κ3) is 4.92. The second kappa shape index (κ2) is 9.85. The lowest BCUT2D eigenvalue weighted by molar-refractivity contribution is 0.0394. The lowest BCUT2D eigenvalue weighted by Gasteiger charge is -2.42. The Balaban J connectivity index is 1.07. The van der Waals surface area contributed by atoms with Crippen LogP contribution in [0.4, 0.5) is 4.79 Å². The van der Waals surface area contributed by atoms with Crippen LogP contribution in [0.2, 0.25) is 0 Å². The molecule has 2 amide bonds. The summed E-state index contributed by atoms with van der Waals surface area (Å²) >= 11 is 0. The van der Waals surface area contributed by atoms with Gasteiger partial charge >= 0.3 is 6.09 Å². The molecule has 0 atom stereocenters. The van der Waals surface area contributed by atoms with Gasteiger partial charge in [0.2, 0.25) is 0 Å². The fourth-order valence-electron chi connectivity index (χ4n) is 4.88. The van der Waals surface area contributed by atoms with Gasteiger partial charge in [0.25, 0.3) is 5.91 Å². The van der Waals surface area contributed by atoms with Gasteiger partial charge in [0.15, 0.2) is 0 Å². The van der Waals surface area contributed by atoms with E-state index >= 15 is 0 Å². The van der Waals surface area contributed by atoms with E-state index in [2.05, 4.69) is 15.1 Å². The molecule has 8 heteroatoms. The Morgan fingerprint density at radius 3 is 2.44 bits per heavy atom. The predicted octanol–water partition coefficient (Wildman–Crippen LogP) is 3.43. The van der Waals surface area contributed by atoms with Crippen molar-refractivity contribution in [1.29, 1.82) is 0 Å². The zero-order chi connectivity index (χ0) is 23.5. The number of carbonyl (C=O) groups is 2. The van der Waals surface area contributed by atoms with Crippen LogP contribution in [0.3, 0.4) is 0 Å². The van der Waals surface area contributed by atoms with Gasteiger partial charge in [-0.25, -0.2) is 4.79 Å². The lowest BCUT2D eigenvalue weighted by atomic mass is 10.0. The number of fused-ring (bicyclic) bond motifs is 1. The summed E-state index contributed by atoms with van der Waals surface area (Å²) in [6.07, 6.45) is 3.42. The van der Waals surface area contributed by atoms with Crippen molar-refractivity contribution >= 4 is 22.9 Å². The number of nitrogens with one attached hydrogen (secondary N) is 1. The average Bonchev–Trinajstić information content (AvgIpc) is 3.36. The van der Waals surface area contributed by atoms with Crippen LogP contribution >= 0.6 is 0 Å². The number of aromatic nitrogens is 2. The third-order valence-corrected chi connectivity index (χ3v) is 7.01. The molecule has 2 saturated heterocycles. The highest BCUT2D eigenvalue weighted by molar-refractivity contribution is 5.97. The first kappa shape index (κ1) is 22.4. The number of hydrogen-bond donors (Lipinski definition) is 1. The highest BCUT2D eigenvalue weighted by Crippen LogP contribution is 2.21. The first-order valence-corrected chi connectivity index (χ1v) is 12.0. The molecule has 2 aliphatic heterocycles. The summed E-state index contributed by atoms with van der Waals surface area (Å²) in [5.74, 6) is 0.0858. The van der Waals surface area contributed by atoms with Crippen LogP contribution in [-0.2, 0) is 11.3 Å². The van der Waals surface area contributed by atoms with Gasteiger partial charge in [0.1, 0.15) is 6.61 Å². The van der Waals surface area contributed by atoms with Crippen LogP contribution in [0.1, 0.15) is 34.3 Å². The molecule has 34 heavy (non-hydrogen) atoms. The number of benzene rings is 2. The quantitative estimate of drug-likeness (QED) is 0.644. The fourth-order valence-corrected chi connectivity index (χ4v) is 4.88. The highest BCUT2D eigenvalue weighted by atomic mass is 16.6. The average molecular weight is 462 g/mol. The number of carbonyl (C=O) groups excluding carboxylic acids is 2. The third-order valence-electron chi connectivity index (χ3n) is 7.01. The first-order valence-electron chi connectivity index (χ1n) is 12.0. The van der Waals surface area contributed by atoms with Crippen LogP contribution in [-0.4, -0.2) is 82.2 Å². The van der Waals surface area contributed by atoms with Gasteiger partial charge in [0, 0.05) is 56.3 Å². The number of ether oxygens (including phenoxy) is 1. The molecule has 0 aliphatic carbocycles. The first-order chi connectivity index (χ1) is 16.6. The second-order valence-corrected chi connectivity index (χ2v) is 9.26. The van der Waals surface area contributed by atoms with Crippen LogP contribution in [0.15, 0.2) is 48.7 Å². The Labute approximate surface area is 199 Å². The normalized spacial score (nSPS) is 17.8. The fraction of sp³-hybridized carbons (Fsp3) is 0.423. The Kier molecular flexibility index (Phi) is 6.49. The van der Waals surface area contributed by atoms with E-state index in [1.807, 2.05) is 54.3 Å². The van der Waals surface area contributed by atoms with Gasteiger partial charge in [-0.15, -0.1) is 0 Å². The summed E-state index contributed by atoms with van der Waals surface area (Å²) in [7, 11) is 0. The van der Waals surface area contributed by atoms with Crippen LogP contribution in [0, 0.1) is 6.92 Å². The number of piperazine rings is 1. The van der Waals surface area contributed by atoms with E-state index < -0.39 is 0 Å². The molecular weight excluding hydrogens is 430 g/mol. The van der Waals surface area contributed by atoms with Crippen molar-refractivity contribution < 1.29 is 14.3 Å². The summed E-state index contributed by atoms with van der Waals surface area (Å²) in [6.45, 7) is 6.90. The molecule has 1 aromatic heterocycles. The van der Waals surface area contributed by atoms with Crippen molar-refractivity contribution in [1.82, 2.24) is 24.9 Å². The Morgan fingerprint density at radius 2 is 1.71 bits per heavy atom. The van der Waals surface area contributed by atoms with Gasteiger partial charge < -0.3 is 14.5 Å². The smallest absolute Gasteiger partial charge is 0.410 e. The van der Waals surface area contributed by atoms with Gasteiger partial charge in [-0.1, -0.05) is 29.8 Å². The standard InChI is InChI=1S/C26H31N5O3/c1-19-2-4-20(5-3-19)18-34-26(33)31-14-12-29(13-15-31)23-8-10-30(11-9-23)25(32)21-6-7-24-22(16-21)17-27-28-24/h2-7,16-17,23H,8-15,18H2,1H3,(H,27,28). The molecule has 0 saturated carbocycles. The Bertz CT molecular complexity index is 1140. The molecule has 0 unspecified atom stereocenters. The van der Waals surface area contributed by atoms with E-state index in [9.17, 15) is 9.59 Å². The monoisotopic (exact) mass is 461 g/mol. The number of piperidine rings is 1. The van der Waals surface area contributed by atoms with Crippen LogP contribution < -0.4 is 0 Å². The minimum Gasteiger partial charge on any atom is -0.445 e. The molecule has 8 nitrogen and oxygen atoms in total. The van der Waals surface area contributed by atoms with Gasteiger partial charge in [0.05, 0.1) is 11.7 Å². The molecule has 1 N–H and O–H groups in total. The second-order valence-electron chi connectivity index (χ2n) is 9.26. The molecule has 0 radical (unpaired) electrons. The number of H-pyrrole nitrogens is 1. The zero-order valence-corrected chi connectivity index (χ0v) is 19.6. The van der Waals surface area contributed by atoms with E-state index in [4.69, 9.17) is 4.74 Å². The van der Waals surface area contributed by atoms with E-state index in [1.165, 1.54) is 5.56 Å². The lowest BCUT2D eigenvalue weighted by Crippen LogP contribution is -2.54. The molecule has 5 rings (SSSR count). The van der Waals surface area contributed by atoms with Crippen molar-refractivity contribution in [3.63, 3.8) is 0 Å². The Morgan fingerprint density at radius 1 is 0.971 bits per heavy atom. The minimum atomic E-state index is -0.241. The molecule has 2 aromatic carbocycles. The van der Waals surface area contributed by atoms with E-state index in [0.29, 0.717) is 31.3 Å². The largest absolute Gasteiger partial charge is 0.445 e. The Hall–Kier alpha value is -3.39. The molecule has 0 spiro atoms. The maximum atomic E-state index is 13.0. The maximum absolute atomic E-state index is 13.0. The molecular formula is C26H31N5O3. The molecule has 178 valence electrons. The maximum Gasteiger partial charge on any atom is 0.410 e. The van der Waals surface area contributed by atoms with Crippen molar-refractivity contribution in [2.75, 3.05) is 39.3 Å². The van der Waals surface area contributed by atoms with Crippen molar-refractivity contribution in [3.8, 4) is 0 Å². The van der Waals surface area contributed by atoms with Crippen molar-refractivity contribution in [2.45, 2.75) is 32.4 Å². The minimum absolute atomic E-state index is 0.0858. The number of aryl methyl sites for hydroxylation is 1. The number of amides is 2. The number of likely N-dealkylation sites (tertiary alicyclic amines) is 1. The molecule has 0 bridgehead atoms. The van der Waals surface area contributed by atoms with E-state index in [-0.39, 0.29) is 12.0 Å². The number of hydrogen-bond acceptors (Lipinski definition) is 5. The van der Waals surface area contributed by atoms with E-state index in [1.54, 1.807) is 11.1 Å². The SMILES string of the molecule is Cc1ccc(COC(=O)N2CCN(C3CCN(C(=O)c4ccc5[nH]ncc5c4)CC3)CC2)cc1. The molecule has 2 aliphatic rings. The van der Waals surface area contributed by atoms with Crippen molar-refractivity contribution in [2.24, 2.45) is 0 Å². The summed E-state index contributed by atoms with van der Waals surface area (Å²) in [4.78, 5) is 31.7. The summed E-state index contributed by atoms with van der Waals surface area (Å²) in [5.41, 5.74) is 3.85. The van der Waals surface area contributed by atoms with Gasteiger partial charge in [-0.05, 0) is 43.5 Å². The van der Waals surface area contributed by atoms with Crippen LogP contribution in [0.25, 0.3) is 10.9 Å². The summed E-state index contributed by atoms with van der Waals surface area (Å²) in [6, 6.07) is 14.2. The molecule has 3 heterocycles.